The second kappa shape index (κ2) is 8.45. The number of nitrogens with zero attached hydrogens (tertiary/aromatic N) is 1. The molecule has 2 aromatic rings. The fourth-order valence-corrected chi connectivity index (χ4v) is 3.95. The van der Waals surface area contributed by atoms with Gasteiger partial charge in [0.05, 0.1) is 7.11 Å². The van der Waals surface area contributed by atoms with E-state index in [1.807, 2.05) is 33.0 Å². The molecule has 26 heavy (non-hydrogen) atoms. The lowest BCUT2D eigenvalue weighted by atomic mass is 10.1. The van der Waals surface area contributed by atoms with E-state index in [0.29, 0.717) is 11.4 Å². The number of nitrogens with one attached hydrogen (secondary N) is 1. The molecule has 0 spiro atoms. The Morgan fingerprint density at radius 1 is 1.08 bits per heavy atom. The summed E-state index contributed by atoms with van der Waals surface area (Å²) in [6.45, 7) is 6.94. The fourth-order valence-electron chi connectivity index (χ4n) is 2.65. The lowest BCUT2D eigenvalue weighted by molar-refractivity contribution is 0.402. The molecule has 0 aliphatic carbocycles. The molecular formula is C20H28N2O3S. The Kier molecular flexibility index (Phi) is 6.53. The van der Waals surface area contributed by atoms with Gasteiger partial charge in [-0.15, -0.1) is 0 Å². The van der Waals surface area contributed by atoms with Crippen molar-refractivity contribution >= 4 is 21.4 Å². The van der Waals surface area contributed by atoms with Gasteiger partial charge in [-0.25, -0.2) is 8.42 Å². The molecule has 5 nitrogen and oxygen atoms in total. The van der Waals surface area contributed by atoms with Crippen LogP contribution in [0.2, 0.25) is 0 Å². The molecule has 0 unspecified atom stereocenters. The van der Waals surface area contributed by atoms with Crippen molar-refractivity contribution in [3.8, 4) is 5.75 Å². The number of ether oxygens (including phenoxy) is 1. The van der Waals surface area contributed by atoms with Gasteiger partial charge in [0.25, 0.3) is 10.0 Å². The van der Waals surface area contributed by atoms with Gasteiger partial charge in [-0.2, -0.15) is 0 Å². The van der Waals surface area contributed by atoms with Gasteiger partial charge < -0.3 is 9.64 Å². The summed E-state index contributed by atoms with van der Waals surface area (Å²) in [4.78, 5) is 2.31. The summed E-state index contributed by atoms with van der Waals surface area (Å²) in [6, 6.07) is 10.8. The van der Waals surface area contributed by atoms with Gasteiger partial charge in [0.1, 0.15) is 10.6 Å². The lowest BCUT2D eigenvalue weighted by Gasteiger charge is -2.19. The number of benzene rings is 2. The SMILES string of the molecule is CCCCN(C)c1ccc(NS(=O)(=O)c2cc(C)c(C)cc2OC)cc1. The smallest absolute Gasteiger partial charge is 0.265 e. The van der Waals surface area contributed by atoms with Crippen LogP contribution >= 0.6 is 0 Å². The maximum absolute atomic E-state index is 12.8. The van der Waals surface area contributed by atoms with Crippen molar-refractivity contribution in [2.45, 2.75) is 38.5 Å². The van der Waals surface area contributed by atoms with E-state index in [9.17, 15) is 8.42 Å². The van der Waals surface area contributed by atoms with Gasteiger partial charge in [-0.05, 0) is 67.8 Å². The summed E-state index contributed by atoms with van der Waals surface area (Å²) in [5.41, 5.74) is 3.47. The third kappa shape index (κ3) is 4.69. The zero-order chi connectivity index (χ0) is 19.3. The topological polar surface area (TPSA) is 58.6 Å². The number of sulfonamides is 1. The van der Waals surface area contributed by atoms with Crippen LogP contribution in [-0.2, 0) is 10.0 Å². The maximum atomic E-state index is 12.8. The van der Waals surface area contributed by atoms with Crippen LogP contribution in [0.1, 0.15) is 30.9 Å². The molecule has 0 aromatic heterocycles. The van der Waals surface area contributed by atoms with Crippen LogP contribution in [-0.4, -0.2) is 29.1 Å². The number of methoxy groups -OCH3 is 1. The molecule has 2 aromatic carbocycles. The Morgan fingerprint density at radius 3 is 2.27 bits per heavy atom. The highest BCUT2D eigenvalue weighted by Crippen LogP contribution is 2.29. The molecule has 0 aliphatic rings. The van der Waals surface area contributed by atoms with Gasteiger partial charge in [0.2, 0.25) is 0 Å². The Labute approximate surface area is 157 Å². The number of anilines is 2. The summed E-state index contributed by atoms with van der Waals surface area (Å²) in [5, 5.41) is 0. The molecule has 1 N–H and O–H groups in total. The number of hydrogen-bond acceptors (Lipinski definition) is 4. The maximum Gasteiger partial charge on any atom is 0.265 e. The van der Waals surface area contributed by atoms with Gasteiger partial charge in [0, 0.05) is 25.0 Å². The zero-order valence-corrected chi connectivity index (χ0v) is 17.0. The molecule has 0 amide bonds. The third-order valence-corrected chi connectivity index (χ3v) is 5.88. The first kappa shape index (κ1) is 20.1. The van der Waals surface area contributed by atoms with Crippen LogP contribution in [0, 0.1) is 13.8 Å². The van der Waals surface area contributed by atoms with Crippen LogP contribution in [0.15, 0.2) is 41.3 Å². The number of aryl methyl sites for hydroxylation is 2. The van der Waals surface area contributed by atoms with Gasteiger partial charge >= 0.3 is 0 Å². The summed E-state index contributed by atoms with van der Waals surface area (Å²) in [6.07, 6.45) is 2.26. The monoisotopic (exact) mass is 376 g/mol. The minimum atomic E-state index is -3.73. The predicted molar refractivity (Wildman–Crippen MR) is 108 cm³/mol. The largest absolute Gasteiger partial charge is 0.495 e. The van der Waals surface area contributed by atoms with Crippen molar-refractivity contribution in [1.82, 2.24) is 0 Å². The molecule has 0 saturated carbocycles. The summed E-state index contributed by atoms with van der Waals surface area (Å²) >= 11 is 0. The minimum Gasteiger partial charge on any atom is -0.495 e. The molecule has 0 bridgehead atoms. The standard InChI is InChI=1S/C20H28N2O3S/c1-6-7-12-22(4)18-10-8-17(9-11-18)21-26(23,24)20-14-16(3)15(2)13-19(20)25-5/h8-11,13-14,21H,6-7,12H2,1-5H3. The molecule has 2 rings (SSSR count). The highest BCUT2D eigenvalue weighted by atomic mass is 32.2. The Bertz CT molecular complexity index is 846. The Hall–Kier alpha value is -2.21. The first-order chi connectivity index (χ1) is 12.3. The number of hydrogen-bond donors (Lipinski definition) is 1. The molecule has 142 valence electrons. The molecule has 0 radical (unpaired) electrons. The molecule has 0 atom stereocenters. The van der Waals surface area contributed by atoms with E-state index in [0.717, 1.165) is 36.2 Å². The zero-order valence-electron chi connectivity index (χ0n) is 16.2. The summed E-state index contributed by atoms with van der Waals surface area (Å²) < 4.78 is 33.5. The molecule has 6 heteroatoms. The Balaban J connectivity index is 2.23. The molecule has 0 aliphatic heterocycles. The second-order valence-electron chi connectivity index (χ2n) is 6.51. The minimum absolute atomic E-state index is 0.146. The van der Waals surface area contributed by atoms with Gasteiger partial charge in [-0.1, -0.05) is 13.3 Å². The van der Waals surface area contributed by atoms with Crippen molar-refractivity contribution in [3.05, 3.63) is 47.5 Å². The number of unbranched alkanes of at least 4 members (excludes halogenated alkanes) is 1. The van der Waals surface area contributed by atoms with Crippen LogP contribution in [0.4, 0.5) is 11.4 Å². The van der Waals surface area contributed by atoms with E-state index in [4.69, 9.17) is 4.74 Å². The lowest BCUT2D eigenvalue weighted by Crippen LogP contribution is -2.18. The van der Waals surface area contributed by atoms with Crippen molar-refractivity contribution in [2.75, 3.05) is 30.3 Å². The second-order valence-corrected chi connectivity index (χ2v) is 8.17. The van der Waals surface area contributed by atoms with Crippen molar-refractivity contribution in [1.29, 1.82) is 0 Å². The van der Waals surface area contributed by atoms with Crippen LogP contribution < -0.4 is 14.4 Å². The average molecular weight is 377 g/mol. The van der Waals surface area contributed by atoms with E-state index in [1.165, 1.54) is 7.11 Å². The first-order valence-corrected chi connectivity index (χ1v) is 10.3. The van der Waals surface area contributed by atoms with E-state index in [1.54, 1.807) is 24.3 Å². The summed E-state index contributed by atoms with van der Waals surface area (Å²) in [7, 11) is -0.218. The van der Waals surface area contributed by atoms with E-state index in [2.05, 4.69) is 16.5 Å². The van der Waals surface area contributed by atoms with Gasteiger partial charge in [-0.3, -0.25) is 4.72 Å². The third-order valence-electron chi connectivity index (χ3n) is 4.48. The van der Waals surface area contributed by atoms with E-state index < -0.39 is 10.0 Å². The first-order valence-electron chi connectivity index (χ1n) is 8.77. The highest BCUT2D eigenvalue weighted by Gasteiger charge is 2.21. The van der Waals surface area contributed by atoms with Crippen LogP contribution in [0.25, 0.3) is 0 Å². The van der Waals surface area contributed by atoms with E-state index >= 15 is 0 Å². The Morgan fingerprint density at radius 2 is 1.69 bits per heavy atom. The molecule has 0 saturated heterocycles. The number of rotatable bonds is 8. The van der Waals surface area contributed by atoms with Crippen molar-refractivity contribution in [2.24, 2.45) is 0 Å². The fraction of sp³-hybridized carbons (Fsp3) is 0.400. The quantitative estimate of drug-likeness (QED) is 0.744. The highest BCUT2D eigenvalue weighted by molar-refractivity contribution is 7.92. The molecular weight excluding hydrogens is 348 g/mol. The molecule has 0 fully saturated rings. The predicted octanol–water partition coefficient (Wildman–Crippen LogP) is 4.35. The molecule has 0 heterocycles. The normalized spacial score (nSPS) is 11.3. The van der Waals surface area contributed by atoms with Crippen molar-refractivity contribution < 1.29 is 13.2 Å². The average Bonchev–Trinajstić information content (AvgIpc) is 2.61. The van der Waals surface area contributed by atoms with Crippen LogP contribution in [0.3, 0.4) is 0 Å². The van der Waals surface area contributed by atoms with Gasteiger partial charge in [0.15, 0.2) is 0 Å². The summed E-state index contributed by atoms with van der Waals surface area (Å²) in [5.74, 6) is 0.344. The van der Waals surface area contributed by atoms with E-state index in [-0.39, 0.29) is 4.90 Å². The van der Waals surface area contributed by atoms with Crippen molar-refractivity contribution in [3.63, 3.8) is 0 Å². The van der Waals surface area contributed by atoms with Crippen LogP contribution in [0.5, 0.6) is 5.75 Å².